The van der Waals surface area contributed by atoms with Gasteiger partial charge in [-0.3, -0.25) is 0 Å². The lowest BCUT2D eigenvalue weighted by atomic mass is 10.1. The number of aliphatic hydroxyl groups is 2. The summed E-state index contributed by atoms with van der Waals surface area (Å²) < 4.78 is 0.645. The molecule has 0 aliphatic heterocycles. The number of nitrogens with one attached hydrogen (secondary N) is 1. The quantitative estimate of drug-likeness (QED) is 0.759. The van der Waals surface area contributed by atoms with Gasteiger partial charge in [-0.25, -0.2) is 4.98 Å². The molecule has 1 heterocycles. The van der Waals surface area contributed by atoms with Crippen molar-refractivity contribution in [2.45, 2.75) is 13.2 Å². The smallest absolute Gasteiger partial charge is 0.175 e. The first kappa shape index (κ1) is 9.64. The lowest BCUT2D eigenvalue weighted by molar-refractivity contribution is 0.260. The fourth-order valence-corrected chi connectivity index (χ4v) is 1.81. The average molecular weight is 257 g/mol. The molecule has 0 aliphatic rings. The Balaban J connectivity index is 2.68. The molecule has 0 bridgehead atoms. The van der Waals surface area contributed by atoms with Crippen LogP contribution in [0.1, 0.15) is 11.1 Å². The number of aromatic nitrogens is 2. The minimum absolute atomic E-state index is 0.0809. The van der Waals surface area contributed by atoms with Gasteiger partial charge >= 0.3 is 0 Å². The first-order valence-electron chi connectivity index (χ1n) is 4.13. The van der Waals surface area contributed by atoms with E-state index >= 15 is 0 Å². The van der Waals surface area contributed by atoms with Gasteiger partial charge in [0.15, 0.2) is 4.73 Å². The molecule has 5 heteroatoms. The molecule has 0 unspecified atom stereocenters. The van der Waals surface area contributed by atoms with Gasteiger partial charge in [0.2, 0.25) is 0 Å². The van der Waals surface area contributed by atoms with Crippen molar-refractivity contribution in [3.05, 3.63) is 28.0 Å². The molecule has 0 spiro atoms. The average Bonchev–Trinajstić information content (AvgIpc) is 2.54. The first-order valence-corrected chi connectivity index (χ1v) is 4.92. The van der Waals surface area contributed by atoms with E-state index in [4.69, 9.17) is 10.2 Å². The number of H-pyrrole nitrogens is 1. The third-order valence-electron chi connectivity index (χ3n) is 2.12. The van der Waals surface area contributed by atoms with Gasteiger partial charge in [-0.05, 0) is 39.2 Å². The van der Waals surface area contributed by atoms with Crippen molar-refractivity contribution in [3.63, 3.8) is 0 Å². The maximum absolute atomic E-state index is 9.06. The van der Waals surface area contributed by atoms with Crippen molar-refractivity contribution in [1.29, 1.82) is 0 Å². The van der Waals surface area contributed by atoms with Crippen molar-refractivity contribution in [3.8, 4) is 0 Å². The van der Waals surface area contributed by atoms with Gasteiger partial charge in [0.1, 0.15) is 0 Å². The standard InChI is InChI=1S/C9H9BrN2O2/c10-9-11-7-1-5(3-13)6(4-14)2-8(7)12-9/h1-2,13-14H,3-4H2,(H,11,12). The third-order valence-corrected chi connectivity index (χ3v) is 2.49. The van der Waals surface area contributed by atoms with Gasteiger partial charge in [-0.1, -0.05) is 0 Å². The molecule has 4 nitrogen and oxygen atoms in total. The summed E-state index contributed by atoms with van der Waals surface area (Å²) in [5, 5.41) is 18.1. The molecule has 2 aromatic rings. The van der Waals surface area contributed by atoms with Crippen molar-refractivity contribution in [2.24, 2.45) is 0 Å². The number of aromatic amines is 1. The molecular weight excluding hydrogens is 248 g/mol. The molecule has 0 amide bonds. The van der Waals surface area contributed by atoms with Crippen LogP contribution in [0.3, 0.4) is 0 Å². The van der Waals surface area contributed by atoms with Crippen molar-refractivity contribution >= 4 is 27.0 Å². The molecule has 0 radical (unpaired) electrons. The first-order chi connectivity index (χ1) is 6.74. The number of rotatable bonds is 2. The van der Waals surface area contributed by atoms with Gasteiger partial charge < -0.3 is 15.2 Å². The maximum atomic E-state index is 9.06. The van der Waals surface area contributed by atoms with Gasteiger partial charge in [0.05, 0.1) is 24.2 Å². The molecule has 14 heavy (non-hydrogen) atoms. The molecule has 0 saturated carbocycles. The fraction of sp³-hybridized carbons (Fsp3) is 0.222. The molecule has 0 saturated heterocycles. The Hall–Kier alpha value is -0.910. The van der Waals surface area contributed by atoms with Gasteiger partial charge in [0.25, 0.3) is 0 Å². The fourth-order valence-electron chi connectivity index (χ4n) is 1.41. The van der Waals surface area contributed by atoms with Crippen LogP contribution in [-0.4, -0.2) is 20.2 Å². The largest absolute Gasteiger partial charge is 0.392 e. The van der Waals surface area contributed by atoms with Crippen LogP contribution in [0.15, 0.2) is 16.9 Å². The summed E-state index contributed by atoms with van der Waals surface area (Å²) in [6.07, 6.45) is 0. The highest BCUT2D eigenvalue weighted by molar-refractivity contribution is 9.10. The zero-order valence-corrected chi connectivity index (χ0v) is 8.87. The molecule has 3 N–H and O–H groups in total. The molecule has 0 aliphatic carbocycles. The Morgan fingerprint density at radius 1 is 1.21 bits per heavy atom. The number of fused-ring (bicyclic) bond motifs is 1. The van der Waals surface area contributed by atoms with Crippen LogP contribution in [0, 0.1) is 0 Å². The lowest BCUT2D eigenvalue weighted by Crippen LogP contribution is -1.93. The van der Waals surface area contributed by atoms with E-state index in [0.717, 1.165) is 16.6 Å². The van der Waals surface area contributed by atoms with Crippen LogP contribution in [0.4, 0.5) is 0 Å². The molecular formula is C9H9BrN2O2. The lowest BCUT2D eigenvalue weighted by Gasteiger charge is -2.03. The van der Waals surface area contributed by atoms with E-state index in [1.54, 1.807) is 12.1 Å². The Bertz CT molecular complexity index is 426. The second kappa shape index (κ2) is 3.68. The summed E-state index contributed by atoms with van der Waals surface area (Å²) in [4.78, 5) is 7.16. The monoisotopic (exact) mass is 256 g/mol. The second-order valence-electron chi connectivity index (χ2n) is 2.98. The summed E-state index contributed by atoms with van der Waals surface area (Å²) in [5.41, 5.74) is 3.05. The summed E-state index contributed by atoms with van der Waals surface area (Å²) >= 11 is 3.23. The zero-order valence-electron chi connectivity index (χ0n) is 7.29. The molecule has 1 aromatic carbocycles. The number of aliphatic hydroxyl groups excluding tert-OH is 2. The van der Waals surface area contributed by atoms with Crippen LogP contribution in [0.2, 0.25) is 0 Å². The third kappa shape index (κ3) is 1.54. The minimum atomic E-state index is -0.0870. The highest BCUT2D eigenvalue weighted by atomic mass is 79.9. The molecule has 2 rings (SSSR count). The summed E-state index contributed by atoms with van der Waals surface area (Å²) in [5.74, 6) is 0. The van der Waals surface area contributed by atoms with E-state index < -0.39 is 0 Å². The summed E-state index contributed by atoms with van der Waals surface area (Å²) in [7, 11) is 0. The van der Waals surface area contributed by atoms with E-state index in [9.17, 15) is 0 Å². The topological polar surface area (TPSA) is 69.1 Å². The molecule has 0 atom stereocenters. The van der Waals surface area contributed by atoms with Crippen LogP contribution in [-0.2, 0) is 13.2 Å². The Morgan fingerprint density at radius 2 is 1.86 bits per heavy atom. The predicted molar refractivity (Wildman–Crippen MR) is 55.6 cm³/mol. The van der Waals surface area contributed by atoms with Crippen LogP contribution >= 0.6 is 15.9 Å². The van der Waals surface area contributed by atoms with E-state index in [2.05, 4.69) is 25.9 Å². The Labute approximate surface area is 88.7 Å². The van der Waals surface area contributed by atoms with Crippen LogP contribution in [0.25, 0.3) is 11.0 Å². The van der Waals surface area contributed by atoms with E-state index in [-0.39, 0.29) is 13.2 Å². The van der Waals surface area contributed by atoms with E-state index in [0.29, 0.717) is 10.3 Å². The van der Waals surface area contributed by atoms with E-state index in [1.807, 2.05) is 0 Å². The highest BCUT2D eigenvalue weighted by Gasteiger charge is 2.06. The van der Waals surface area contributed by atoms with Crippen molar-refractivity contribution in [1.82, 2.24) is 9.97 Å². The molecule has 1 aromatic heterocycles. The molecule has 74 valence electrons. The normalized spacial score (nSPS) is 11.1. The van der Waals surface area contributed by atoms with Gasteiger partial charge in [-0.15, -0.1) is 0 Å². The number of hydrogen-bond donors (Lipinski definition) is 3. The number of imidazole rings is 1. The van der Waals surface area contributed by atoms with Crippen molar-refractivity contribution < 1.29 is 10.2 Å². The number of nitrogens with zero attached hydrogens (tertiary/aromatic N) is 1. The minimum Gasteiger partial charge on any atom is -0.392 e. The Kier molecular flexibility index (Phi) is 2.54. The van der Waals surface area contributed by atoms with Crippen molar-refractivity contribution in [2.75, 3.05) is 0 Å². The summed E-state index contributed by atoms with van der Waals surface area (Å²) in [6.45, 7) is -0.168. The van der Waals surface area contributed by atoms with Crippen LogP contribution in [0.5, 0.6) is 0 Å². The van der Waals surface area contributed by atoms with E-state index in [1.165, 1.54) is 0 Å². The Morgan fingerprint density at radius 3 is 2.50 bits per heavy atom. The number of benzene rings is 1. The molecule has 0 fully saturated rings. The van der Waals surface area contributed by atoms with Crippen LogP contribution < -0.4 is 0 Å². The van der Waals surface area contributed by atoms with Gasteiger partial charge in [-0.2, -0.15) is 0 Å². The maximum Gasteiger partial charge on any atom is 0.175 e. The SMILES string of the molecule is OCc1cc2nc(Br)[nH]c2cc1CO. The predicted octanol–water partition coefficient (Wildman–Crippen LogP) is 1.31. The second-order valence-corrected chi connectivity index (χ2v) is 3.73. The summed E-state index contributed by atoms with van der Waals surface area (Å²) in [6, 6.07) is 3.56. The van der Waals surface area contributed by atoms with Gasteiger partial charge in [0, 0.05) is 0 Å². The zero-order chi connectivity index (χ0) is 10.1. The number of halogens is 1. The number of hydrogen-bond acceptors (Lipinski definition) is 3. The highest BCUT2D eigenvalue weighted by Crippen LogP contribution is 2.20.